The first-order chi connectivity index (χ1) is 9.50. The number of hydrogen-bond donors (Lipinski definition) is 2. The fraction of sp³-hybridized carbons (Fsp3) is 0.615. The van der Waals surface area contributed by atoms with Crippen molar-refractivity contribution >= 4 is 23.3 Å². The summed E-state index contributed by atoms with van der Waals surface area (Å²) in [4.78, 5) is 28.3. The molecule has 7 heteroatoms. The summed E-state index contributed by atoms with van der Waals surface area (Å²) in [6.45, 7) is 4.82. The molecule has 0 radical (unpaired) electrons. The minimum absolute atomic E-state index is 0.0451. The van der Waals surface area contributed by atoms with Gasteiger partial charge in [0.05, 0.1) is 5.01 Å². The SMILES string of the molecule is CC(C)N(CCCC(=O)O)C(=O)NCCc1nccs1. The number of urea groups is 1. The number of thiazole rings is 1. The number of amides is 2. The van der Waals surface area contributed by atoms with Crippen molar-refractivity contribution in [2.45, 2.75) is 39.2 Å². The average molecular weight is 299 g/mol. The molecule has 0 bridgehead atoms. The second-order valence-corrected chi connectivity index (χ2v) is 5.67. The molecule has 0 saturated heterocycles. The zero-order valence-electron chi connectivity index (χ0n) is 11.8. The molecule has 0 aliphatic heterocycles. The molecule has 1 aromatic heterocycles. The third-order valence-electron chi connectivity index (χ3n) is 2.77. The standard InChI is InChI=1S/C13H21N3O3S/c1-10(2)16(8-3-4-12(17)18)13(19)15-6-5-11-14-7-9-20-11/h7,9-10H,3-6,8H2,1-2H3,(H,15,19)(H,17,18). The lowest BCUT2D eigenvalue weighted by Crippen LogP contribution is -2.45. The summed E-state index contributed by atoms with van der Waals surface area (Å²) < 4.78 is 0. The Balaban J connectivity index is 2.33. The van der Waals surface area contributed by atoms with Crippen molar-refractivity contribution in [3.05, 3.63) is 16.6 Å². The van der Waals surface area contributed by atoms with Crippen LogP contribution in [-0.2, 0) is 11.2 Å². The number of nitrogens with zero attached hydrogens (tertiary/aromatic N) is 2. The van der Waals surface area contributed by atoms with Crippen LogP contribution in [0, 0.1) is 0 Å². The summed E-state index contributed by atoms with van der Waals surface area (Å²) in [6, 6.07) is -0.106. The number of nitrogens with one attached hydrogen (secondary N) is 1. The molecule has 2 N–H and O–H groups in total. The van der Waals surface area contributed by atoms with E-state index >= 15 is 0 Å². The van der Waals surface area contributed by atoms with Crippen molar-refractivity contribution in [1.29, 1.82) is 0 Å². The Labute approximate surface area is 122 Å². The number of hydrogen-bond acceptors (Lipinski definition) is 4. The summed E-state index contributed by atoms with van der Waals surface area (Å²) in [6.07, 6.45) is 3.00. The van der Waals surface area contributed by atoms with Gasteiger partial charge in [0.2, 0.25) is 0 Å². The van der Waals surface area contributed by atoms with Crippen LogP contribution in [-0.4, -0.2) is 46.1 Å². The van der Waals surface area contributed by atoms with E-state index in [4.69, 9.17) is 5.11 Å². The van der Waals surface area contributed by atoms with Gasteiger partial charge in [0, 0.05) is 43.5 Å². The van der Waals surface area contributed by atoms with Gasteiger partial charge < -0.3 is 15.3 Å². The van der Waals surface area contributed by atoms with Gasteiger partial charge in [-0.25, -0.2) is 9.78 Å². The topological polar surface area (TPSA) is 82.5 Å². The molecular formula is C13H21N3O3S. The molecular weight excluding hydrogens is 278 g/mol. The maximum absolute atomic E-state index is 12.0. The Kier molecular flexibility index (Phi) is 7.00. The molecule has 112 valence electrons. The summed E-state index contributed by atoms with van der Waals surface area (Å²) in [5.41, 5.74) is 0. The maximum atomic E-state index is 12.0. The van der Waals surface area contributed by atoms with Crippen LogP contribution in [0.3, 0.4) is 0 Å². The van der Waals surface area contributed by atoms with Crippen LogP contribution in [0.1, 0.15) is 31.7 Å². The van der Waals surface area contributed by atoms with Crippen molar-refractivity contribution in [1.82, 2.24) is 15.2 Å². The number of carbonyl (C=O) groups is 2. The van der Waals surface area contributed by atoms with Crippen LogP contribution in [0.15, 0.2) is 11.6 Å². The first kappa shape index (κ1) is 16.4. The number of carboxylic acid groups (broad SMARTS) is 1. The molecule has 1 rings (SSSR count). The zero-order valence-corrected chi connectivity index (χ0v) is 12.7. The highest BCUT2D eigenvalue weighted by Gasteiger charge is 2.16. The summed E-state index contributed by atoms with van der Waals surface area (Å²) in [5, 5.41) is 14.4. The van der Waals surface area contributed by atoms with Crippen molar-refractivity contribution < 1.29 is 14.7 Å². The molecule has 20 heavy (non-hydrogen) atoms. The normalized spacial score (nSPS) is 10.6. The van der Waals surface area contributed by atoms with Gasteiger partial charge in [0.15, 0.2) is 0 Å². The van der Waals surface area contributed by atoms with E-state index in [1.54, 1.807) is 22.4 Å². The van der Waals surface area contributed by atoms with Gasteiger partial charge in [0.1, 0.15) is 0 Å². The highest BCUT2D eigenvalue weighted by atomic mass is 32.1. The number of carboxylic acids is 1. The Morgan fingerprint density at radius 2 is 2.25 bits per heavy atom. The number of rotatable bonds is 8. The van der Waals surface area contributed by atoms with Gasteiger partial charge in [-0.15, -0.1) is 11.3 Å². The second-order valence-electron chi connectivity index (χ2n) is 4.69. The highest BCUT2D eigenvalue weighted by molar-refractivity contribution is 7.09. The van der Waals surface area contributed by atoms with Crippen LogP contribution >= 0.6 is 11.3 Å². The van der Waals surface area contributed by atoms with E-state index in [9.17, 15) is 9.59 Å². The van der Waals surface area contributed by atoms with Gasteiger partial charge in [-0.05, 0) is 20.3 Å². The van der Waals surface area contributed by atoms with Crippen LogP contribution < -0.4 is 5.32 Å². The van der Waals surface area contributed by atoms with Gasteiger partial charge in [-0.2, -0.15) is 0 Å². The minimum atomic E-state index is -0.835. The quantitative estimate of drug-likeness (QED) is 0.769. The third-order valence-corrected chi connectivity index (χ3v) is 3.61. The van der Waals surface area contributed by atoms with Crippen LogP contribution in [0.5, 0.6) is 0 Å². The lowest BCUT2D eigenvalue weighted by atomic mass is 10.2. The van der Waals surface area contributed by atoms with Crippen molar-refractivity contribution in [3.63, 3.8) is 0 Å². The maximum Gasteiger partial charge on any atom is 0.317 e. The van der Waals surface area contributed by atoms with Crippen molar-refractivity contribution in [2.75, 3.05) is 13.1 Å². The van der Waals surface area contributed by atoms with E-state index in [1.807, 2.05) is 19.2 Å². The molecule has 0 spiro atoms. The van der Waals surface area contributed by atoms with E-state index < -0.39 is 5.97 Å². The molecule has 0 aliphatic rings. The molecule has 0 fully saturated rings. The molecule has 2 amide bonds. The van der Waals surface area contributed by atoms with Crippen LogP contribution in [0.2, 0.25) is 0 Å². The molecule has 1 heterocycles. The summed E-state index contributed by atoms with van der Waals surface area (Å²) >= 11 is 1.57. The molecule has 0 atom stereocenters. The molecule has 0 unspecified atom stereocenters. The smallest absolute Gasteiger partial charge is 0.317 e. The summed E-state index contributed by atoms with van der Waals surface area (Å²) in [7, 11) is 0. The van der Waals surface area contributed by atoms with Gasteiger partial charge in [-0.1, -0.05) is 0 Å². The fourth-order valence-electron chi connectivity index (χ4n) is 1.75. The lowest BCUT2D eigenvalue weighted by molar-refractivity contribution is -0.137. The number of carbonyl (C=O) groups excluding carboxylic acids is 1. The van der Waals surface area contributed by atoms with Gasteiger partial charge in [0.25, 0.3) is 0 Å². The monoisotopic (exact) mass is 299 g/mol. The molecule has 0 aromatic carbocycles. The number of aliphatic carboxylic acids is 1. The van der Waals surface area contributed by atoms with E-state index in [1.165, 1.54) is 0 Å². The van der Waals surface area contributed by atoms with Crippen LogP contribution in [0.25, 0.3) is 0 Å². The predicted octanol–water partition coefficient (Wildman–Crippen LogP) is 1.97. The largest absolute Gasteiger partial charge is 0.481 e. The molecule has 0 saturated carbocycles. The lowest BCUT2D eigenvalue weighted by Gasteiger charge is -2.26. The van der Waals surface area contributed by atoms with Crippen molar-refractivity contribution in [3.8, 4) is 0 Å². The molecule has 1 aromatic rings. The Bertz CT molecular complexity index is 421. The average Bonchev–Trinajstić information content (AvgIpc) is 2.86. The van der Waals surface area contributed by atoms with E-state index in [0.29, 0.717) is 25.9 Å². The Morgan fingerprint density at radius 1 is 1.50 bits per heavy atom. The van der Waals surface area contributed by atoms with Gasteiger partial charge in [-0.3, -0.25) is 4.79 Å². The zero-order chi connectivity index (χ0) is 15.0. The van der Waals surface area contributed by atoms with E-state index in [-0.39, 0.29) is 18.5 Å². The Hall–Kier alpha value is -1.63. The van der Waals surface area contributed by atoms with Crippen molar-refractivity contribution in [2.24, 2.45) is 0 Å². The third kappa shape index (κ3) is 6.01. The predicted molar refractivity (Wildman–Crippen MR) is 77.9 cm³/mol. The molecule has 0 aliphatic carbocycles. The first-order valence-electron chi connectivity index (χ1n) is 6.65. The van der Waals surface area contributed by atoms with Crippen LogP contribution in [0.4, 0.5) is 4.79 Å². The van der Waals surface area contributed by atoms with E-state index in [2.05, 4.69) is 10.3 Å². The fourth-order valence-corrected chi connectivity index (χ4v) is 2.37. The molecule has 6 nitrogen and oxygen atoms in total. The van der Waals surface area contributed by atoms with E-state index in [0.717, 1.165) is 5.01 Å². The minimum Gasteiger partial charge on any atom is -0.481 e. The second kappa shape index (κ2) is 8.52. The number of aromatic nitrogens is 1. The highest BCUT2D eigenvalue weighted by Crippen LogP contribution is 2.05. The van der Waals surface area contributed by atoms with Gasteiger partial charge >= 0.3 is 12.0 Å². The first-order valence-corrected chi connectivity index (χ1v) is 7.53. The summed E-state index contributed by atoms with van der Waals surface area (Å²) in [5.74, 6) is -0.835. The Morgan fingerprint density at radius 3 is 2.80 bits per heavy atom.